The maximum Gasteiger partial charge on any atom is 0.337 e. The van der Waals surface area contributed by atoms with E-state index in [4.69, 9.17) is 20.6 Å². The lowest BCUT2D eigenvalue weighted by Crippen LogP contribution is -2.48. The molecule has 1 unspecified atom stereocenters. The van der Waals surface area contributed by atoms with Gasteiger partial charge < -0.3 is 30.7 Å². The number of amidine groups is 1. The molecule has 10 nitrogen and oxygen atoms in total. The Hall–Kier alpha value is -4.77. The molecule has 1 heterocycles. The number of carbonyl (C=O) groups excluding carboxylic acids is 3. The van der Waals surface area contributed by atoms with Crippen LogP contribution in [0.1, 0.15) is 49.9 Å². The fourth-order valence-electron chi connectivity index (χ4n) is 4.38. The van der Waals surface area contributed by atoms with E-state index in [9.17, 15) is 18.8 Å². The zero-order chi connectivity index (χ0) is 28.8. The van der Waals surface area contributed by atoms with Crippen LogP contribution in [0.3, 0.4) is 0 Å². The third-order valence-electron chi connectivity index (χ3n) is 6.50. The smallest absolute Gasteiger partial charge is 0.337 e. The summed E-state index contributed by atoms with van der Waals surface area (Å²) in [5.41, 5.74) is 9.26. The number of ether oxygens (including phenoxy) is 2. The highest BCUT2D eigenvalue weighted by Gasteiger charge is 2.38. The average Bonchev–Trinajstić information content (AvgIpc) is 3.30. The van der Waals surface area contributed by atoms with Gasteiger partial charge >= 0.3 is 5.97 Å². The number of nitrogens with zero attached hydrogens (tertiary/aromatic N) is 1. The molecule has 40 heavy (non-hydrogen) atoms. The van der Waals surface area contributed by atoms with Gasteiger partial charge in [-0.25, -0.2) is 9.18 Å². The van der Waals surface area contributed by atoms with Crippen molar-refractivity contribution in [3.63, 3.8) is 0 Å². The number of anilines is 1. The second kappa shape index (κ2) is 12.4. The average molecular weight is 548 g/mol. The highest BCUT2D eigenvalue weighted by Crippen LogP contribution is 2.27. The van der Waals surface area contributed by atoms with E-state index in [2.05, 4.69) is 10.6 Å². The van der Waals surface area contributed by atoms with Crippen molar-refractivity contribution in [3.8, 4) is 0 Å². The maximum atomic E-state index is 14.3. The third kappa shape index (κ3) is 6.10. The van der Waals surface area contributed by atoms with Gasteiger partial charge in [-0.3, -0.25) is 15.0 Å². The molecule has 0 bridgehead atoms. The quantitative estimate of drug-likeness (QED) is 0.164. The van der Waals surface area contributed by atoms with Crippen molar-refractivity contribution in [2.75, 3.05) is 19.0 Å². The number of methoxy groups -OCH3 is 1. The van der Waals surface area contributed by atoms with Gasteiger partial charge in [0.15, 0.2) is 0 Å². The van der Waals surface area contributed by atoms with Gasteiger partial charge in [0.25, 0.3) is 11.8 Å². The summed E-state index contributed by atoms with van der Waals surface area (Å²) in [7, 11) is 1.32. The Morgan fingerprint density at radius 2 is 1.82 bits per heavy atom. The molecule has 1 atom stereocenters. The molecule has 0 radical (unpaired) electrons. The molecule has 0 fully saturated rings. The van der Waals surface area contributed by atoms with Crippen molar-refractivity contribution in [1.82, 2.24) is 10.2 Å². The standard InChI is InChI=1S/C29H30FN5O5/c1-3-40-28(35-16-22-21(27(35)37)5-4-6-23(22)30)26(36)34-15-20-12-11-19(25(31)32)13-24(20)33-14-17-7-9-18(10-8-17)29(38)39-2/h4-13,28,33H,3,14-16H2,1-2H3,(H3,31,32)(H,34,36). The lowest BCUT2D eigenvalue weighted by molar-refractivity contribution is -0.143. The number of nitrogens with one attached hydrogen (secondary N) is 3. The summed E-state index contributed by atoms with van der Waals surface area (Å²) in [6.07, 6.45) is -1.24. The number of rotatable bonds is 11. The number of amides is 2. The number of fused-ring (bicyclic) bond motifs is 1. The van der Waals surface area contributed by atoms with Crippen molar-refractivity contribution >= 4 is 29.3 Å². The summed E-state index contributed by atoms with van der Waals surface area (Å²) < 4.78 is 24.6. The van der Waals surface area contributed by atoms with Crippen molar-refractivity contribution in [1.29, 1.82) is 5.41 Å². The molecule has 3 aromatic rings. The van der Waals surface area contributed by atoms with Crippen LogP contribution in [0.25, 0.3) is 0 Å². The van der Waals surface area contributed by atoms with Crippen LogP contribution in [-0.4, -0.2) is 48.5 Å². The number of esters is 1. The van der Waals surface area contributed by atoms with Crippen molar-refractivity contribution in [2.24, 2.45) is 5.73 Å². The summed E-state index contributed by atoms with van der Waals surface area (Å²) in [5.74, 6) is -2.08. The van der Waals surface area contributed by atoms with Crippen LogP contribution < -0.4 is 16.4 Å². The summed E-state index contributed by atoms with van der Waals surface area (Å²) in [4.78, 5) is 39.0. The molecule has 1 aliphatic heterocycles. The molecule has 2 amide bonds. The summed E-state index contributed by atoms with van der Waals surface area (Å²) in [6, 6.07) is 16.3. The zero-order valence-electron chi connectivity index (χ0n) is 22.1. The molecule has 0 saturated heterocycles. The number of nitrogen functional groups attached to an aromatic ring is 1. The highest BCUT2D eigenvalue weighted by atomic mass is 19.1. The SMILES string of the molecule is CCOC(C(=O)NCc1ccc(C(=N)N)cc1NCc1ccc(C(=O)OC)cc1)N1Cc2c(F)cccc2C1=O. The van der Waals surface area contributed by atoms with Crippen molar-refractivity contribution < 1.29 is 28.2 Å². The number of hydrogen-bond donors (Lipinski definition) is 4. The molecule has 3 aromatic carbocycles. The van der Waals surface area contributed by atoms with Crippen LogP contribution in [-0.2, 0) is 33.9 Å². The molecule has 0 aliphatic carbocycles. The van der Waals surface area contributed by atoms with E-state index in [0.29, 0.717) is 28.9 Å². The van der Waals surface area contributed by atoms with Gasteiger partial charge in [0.1, 0.15) is 11.7 Å². The molecule has 5 N–H and O–H groups in total. The van der Waals surface area contributed by atoms with E-state index in [1.807, 2.05) is 0 Å². The molecule has 4 rings (SSSR count). The Kier molecular flexibility index (Phi) is 8.75. The summed E-state index contributed by atoms with van der Waals surface area (Å²) >= 11 is 0. The molecule has 208 valence electrons. The largest absolute Gasteiger partial charge is 0.465 e. The Morgan fingerprint density at radius 1 is 1.10 bits per heavy atom. The molecule has 0 spiro atoms. The van der Waals surface area contributed by atoms with Gasteiger partial charge in [0.2, 0.25) is 6.23 Å². The number of benzene rings is 3. The number of halogens is 1. The minimum atomic E-state index is -1.24. The molecule has 1 aliphatic rings. The van der Waals surface area contributed by atoms with Crippen LogP contribution in [0.4, 0.5) is 10.1 Å². The molecule has 11 heteroatoms. The lowest BCUT2D eigenvalue weighted by Gasteiger charge is -2.26. The molecular formula is C29H30FN5O5. The first kappa shape index (κ1) is 28.2. The monoisotopic (exact) mass is 547 g/mol. The number of hydrogen-bond acceptors (Lipinski definition) is 7. The lowest BCUT2D eigenvalue weighted by atomic mass is 10.1. The number of carbonyl (C=O) groups is 3. The van der Waals surface area contributed by atoms with Gasteiger partial charge in [-0.05, 0) is 48.4 Å². The molecular weight excluding hydrogens is 517 g/mol. The predicted octanol–water partition coefficient (Wildman–Crippen LogP) is 3.14. The Morgan fingerprint density at radius 3 is 2.48 bits per heavy atom. The topological polar surface area (TPSA) is 147 Å². The van der Waals surface area contributed by atoms with Crippen LogP contribution in [0.15, 0.2) is 60.7 Å². The number of nitrogens with two attached hydrogens (primary N) is 1. The van der Waals surface area contributed by atoms with Crippen molar-refractivity contribution in [3.05, 3.63) is 99.9 Å². The van der Waals surface area contributed by atoms with Crippen LogP contribution in [0.5, 0.6) is 0 Å². The van der Waals surface area contributed by atoms with E-state index < -0.39 is 29.8 Å². The van der Waals surface area contributed by atoms with Crippen molar-refractivity contribution in [2.45, 2.75) is 32.8 Å². The van der Waals surface area contributed by atoms with Crippen LogP contribution >= 0.6 is 0 Å². The van der Waals surface area contributed by atoms with Gasteiger partial charge in [0, 0.05) is 42.1 Å². The van der Waals surface area contributed by atoms with Gasteiger partial charge in [-0.1, -0.05) is 30.3 Å². The molecule has 0 saturated carbocycles. The maximum absolute atomic E-state index is 14.3. The fraction of sp³-hybridized carbons (Fsp3) is 0.241. The Labute approximate surface area is 230 Å². The molecule has 0 aromatic heterocycles. The van der Waals surface area contributed by atoms with Crippen LogP contribution in [0.2, 0.25) is 0 Å². The minimum absolute atomic E-state index is 0.0756. The van der Waals surface area contributed by atoms with E-state index in [1.165, 1.54) is 30.2 Å². The predicted molar refractivity (Wildman–Crippen MR) is 146 cm³/mol. The van der Waals surface area contributed by atoms with Gasteiger partial charge in [-0.2, -0.15) is 0 Å². The fourth-order valence-corrected chi connectivity index (χ4v) is 4.38. The Bertz CT molecular complexity index is 1440. The zero-order valence-corrected chi connectivity index (χ0v) is 22.1. The summed E-state index contributed by atoms with van der Waals surface area (Å²) in [5, 5.41) is 13.9. The first-order chi connectivity index (χ1) is 19.2. The first-order valence-electron chi connectivity index (χ1n) is 12.6. The first-order valence-corrected chi connectivity index (χ1v) is 12.6. The normalized spacial score (nSPS) is 13.0. The third-order valence-corrected chi connectivity index (χ3v) is 6.50. The van der Waals surface area contributed by atoms with E-state index in [-0.39, 0.29) is 36.7 Å². The summed E-state index contributed by atoms with van der Waals surface area (Å²) in [6.45, 7) is 2.25. The van der Waals surface area contributed by atoms with E-state index >= 15 is 0 Å². The second-order valence-corrected chi connectivity index (χ2v) is 9.05. The highest BCUT2D eigenvalue weighted by molar-refractivity contribution is 6.01. The van der Waals surface area contributed by atoms with Crippen LogP contribution in [0, 0.1) is 11.2 Å². The minimum Gasteiger partial charge on any atom is -0.465 e. The Balaban J connectivity index is 1.48. The van der Waals surface area contributed by atoms with Gasteiger partial charge in [0.05, 0.1) is 19.2 Å². The van der Waals surface area contributed by atoms with E-state index in [1.54, 1.807) is 49.4 Å². The van der Waals surface area contributed by atoms with Gasteiger partial charge in [-0.15, -0.1) is 0 Å². The second-order valence-electron chi connectivity index (χ2n) is 9.05. The van der Waals surface area contributed by atoms with E-state index in [0.717, 1.165) is 5.56 Å².